The van der Waals surface area contributed by atoms with Crippen LogP contribution in [0, 0.1) is 20.2 Å². The van der Waals surface area contributed by atoms with Crippen LogP contribution >= 0.6 is 0 Å². The molecule has 1 fully saturated rings. The molecule has 1 aliphatic heterocycles. The van der Waals surface area contributed by atoms with Crippen molar-refractivity contribution in [1.82, 2.24) is 14.9 Å². The van der Waals surface area contributed by atoms with Gasteiger partial charge in [0.2, 0.25) is 0 Å². The molecule has 1 unspecified atom stereocenters. The van der Waals surface area contributed by atoms with E-state index in [2.05, 4.69) is 15.0 Å². The number of nitrogens with zero attached hydrogens (tertiary/aromatic N) is 4. The Hall–Kier alpha value is -3.83. The highest BCUT2D eigenvalue weighted by molar-refractivity contribution is 5.95. The number of non-ortho nitro benzene ring substituents is 1. The van der Waals surface area contributed by atoms with E-state index in [1.54, 1.807) is 0 Å². The second kappa shape index (κ2) is 5.99. The summed E-state index contributed by atoms with van der Waals surface area (Å²) in [7, 11) is 0. The van der Waals surface area contributed by atoms with E-state index in [-0.39, 0.29) is 12.1 Å². The minimum Gasteiger partial charge on any atom is -0.375 e. The number of alkyl carbamates (subject to hydrolysis) is 1. The zero-order valence-electron chi connectivity index (χ0n) is 12.3. The van der Waals surface area contributed by atoms with Crippen molar-refractivity contribution in [2.45, 2.75) is 12.5 Å². The van der Waals surface area contributed by atoms with Crippen LogP contribution in [-0.4, -0.2) is 37.5 Å². The molecule has 0 spiro atoms. The fraction of sp³-hybridized carbons (Fsp3) is 0.154. The Bertz CT molecular complexity index is 906. The van der Waals surface area contributed by atoms with Crippen molar-refractivity contribution in [2.75, 3.05) is 0 Å². The number of imidazole rings is 1. The predicted molar refractivity (Wildman–Crippen MR) is 79.0 cm³/mol. The van der Waals surface area contributed by atoms with Crippen LogP contribution in [0.15, 0.2) is 30.7 Å². The zero-order valence-corrected chi connectivity index (χ0v) is 12.3. The molecule has 25 heavy (non-hydrogen) atoms. The van der Waals surface area contributed by atoms with Gasteiger partial charge in [-0.1, -0.05) is 0 Å². The Morgan fingerprint density at radius 3 is 2.60 bits per heavy atom. The highest BCUT2D eigenvalue weighted by Gasteiger charge is 2.33. The molecule has 0 radical (unpaired) electrons. The van der Waals surface area contributed by atoms with Gasteiger partial charge in [0.15, 0.2) is 0 Å². The number of nitro benzene ring substituents is 2. The van der Waals surface area contributed by atoms with Crippen LogP contribution in [0.3, 0.4) is 0 Å². The molecule has 12 nitrogen and oxygen atoms in total. The van der Waals surface area contributed by atoms with Gasteiger partial charge in [0, 0.05) is 24.4 Å². The summed E-state index contributed by atoms with van der Waals surface area (Å²) in [5.74, 6) is -0.768. The number of carbonyl (C=O) groups is 2. The summed E-state index contributed by atoms with van der Waals surface area (Å²) in [6.07, 6.45) is 1.75. The Labute approximate surface area is 138 Å². The van der Waals surface area contributed by atoms with Crippen molar-refractivity contribution in [3.8, 4) is 5.69 Å². The number of hydrogen-bond donors (Lipinski definition) is 1. The smallest absolute Gasteiger partial charge is 0.375 e. The van der Waals surface area contributed by atoms with Gasteiger partial charge >= 0.3 is 12.1 Å². The Balaban J connectivity index is 1.99. The third-order valence-corrected chi connectivity index (χ3v) is 3.52. The Morgan fingerprint density at radius 2 is 2.00 bits per heavy atom. The number of hydrogen-bond acceptors (Lipinski definition) is 8. The first-order valence-corrected chi connectivity index (χ1v) is 6.83. The van der Waals surface area contributed by atoms with Crippen molar-refractivity contribution < 1.29 is 24.2 Å². The summed E-state index contributed by atoms with van der Waals surface area (Å²) in [5.41, 5.74) is -0.503. The number of nitro groups is 2. The predicted octanol–water partition coefficient (Wildman–Crippen LogP) is 0.866. The van der Waals surface area contributed by atoms with Crippen molar-refractivity contribution in [3.63, 3.8) is 0 Å². The molecule has 3 rings (SSSR count). The molecule has 2 aromatic rings. The third kappa shape index (κ3) is 2.99. The lowest BCUT2D eigenvalue weighted by atomic mass is 10.1. The molecule has 0 bridgehead atoms. The molecule has 1 saturated heterocycles. The van der Waals surface area contributed by atoms with E-state index < -0.39 is 39.3 Å². The maximum Gasteiger partial charge on any atom is 0.415 e. The molecule has 0 saturated carbocycles. The summed E-state index contributed by atoms with van der Waals surface area (Å²) >= 11 is 0. The molecule has 1 aromatic heterocycles. The van der Waals surface area contributed by atoms with Gasteiger partial charge in [0.1, 0.15) is 11.7 Å². The SMILES string of the molecule is O=C1NC(Cc2cncn2-c2ccc([N+](=O)[O-])cc2[N+](=O)[O-])C(=O)O1. The molecule has 1 atom stereocenters. The number of cyclic esters (lactones) is 2. The molecule has 2 heterocycles. The van der Waals surface area contributed by atoms with Crippen LogP contribution in [0.5, 0.6) is 0 Å². The van der Waals surface area contributed by atoms with Gasteiger partial charge in [-0.25, -0.2) is 14.6 Å². The molecule has 1 amide bonds. The van der Waals surface area contributed by atoms with Crippen LogP contribution < -0.4 is 5.32 Å². The number of ether oxygens (including phenoxy) is 1. The van der Waals surface area contributed by atoms with Crippen LogP contribution in [0.2, 0.25) is 0 Å². The van der Waals surface area contributed by atoms with Crippen molar-refractivity contribution >= 4 is 23.4 Å². The average Bonchev–Trinajstić information content (AvgIpc) is 3.13. The molecule has 12 heteroatoms. The lowest BCUT2D eigenvalue weighted by Crippen LogP contribution is -2.31. The van der Waals surface area contributed by atoms with Gasteiger partial charge in [-0.3, -0.25) is 24.8 Å². The van der Waals surface area contributed by atoms with Crippen molar-refractivity contribution in [3.05, 3.63) is 56.6 Å². The third-order valence-electron chi connectivity index (χ3n) is 3.52. The largest absolute Gasteiger partial charge is 0.415 e. The Kier molecular flexibility index (Phi) is 3.85. The maximum atomic E-state index is 11.5. The maximum absolute atomic E-state index is 11.5. The summed E-state index contributed by atoms with van der Waals surface area (Å²) in [5, 5.41) is 24.4. The molecule has 1 aliphatic rings. The molecule has 0 aliphatic carbocycles. The lowest BCUT2D eigenvalue weighted by Gasteiger charge is -2.10. The minimum atomic E-state index is -0.944. The van der Waals surface area contributed by atoms with Gasteiger partial charge in [-0.05, 0) is 6.07 Å². The first kappa shape index (κ1) is 16.0. The quantitative estimate of drug-likeness (QED) is 0.361. The summed E-state index contributed by atoms with van der Waals surface area (Å²) in [4.78, 5) is 47.1. The zero-order chi connectivity index (χ0) is 18.1. The molecular weight excluding hydrogens is 338 g/mol. The van der Waals surface area contributed by atoms with Crippen molar-refractivity contribution in [1.29, 1.82) is 0 Å². The van der Waals surface area contributed by atoms with Crippen LogP contribution in [0.1, 0.15) is 5.69 Å². The van der Waals surface area contributed by atoms with E-state index in [0.717, 1.165) is 12.1 Å². The number of nitrogens with one attached hydrogen (secondary N) is 1. The average molecular weight is 347 g/mol. The molecular formula is C13H9N5O7. The number of benzene rings is 1. The van der Waals surface area contributed by atoms with E-state index in [9.17, 15) is 29.8 Å². The first-order valence-electron chi connectivity index (χ1n) is 6.83. The molecule has 128 valence electrons. The fourth-order valence-corrected chi connectivity index (χ4v) is 2.40. The van der Waals surface area contributed by atoms with Gasteiger partial charge in [0.05, 0.1) is 22.2 Å². The minimum absolute atomic E-state index is 0.0152. The summed E-state index contributed by atoms with van der Waals surface area (Å²) in [6, 6.07) is 2.23. The van der Waals surface area contributed by atoms with E-state index in [1.807, 2.05) is 0 Å². The van der Waals surface area contributed by atoms with Gasteiger partial charge in [0.25, 0.3) is 11.4 Å². The van der Waals surface area contributed by atoms with Crippen LogP contribution in [-0.2, 0) is 16.0 Å². The highest BCUT2D eigenvalue weighted by Crippen LogP contribution is 2.29. The molecule has 1 aromatic carbocycles. The van der Waals surface area contributed by atoms with Crippen LogP contribution in [0.4, 0.5) is 16.2 Å². The van der Waals surface area contributed by atoms with E-state index in [0.29, 0.717) is 5.69 Å². The number of aromatic nitrogens is 2. The topological polar surface area (TPSA) is 160 Å². The van der Waals surface area contributed by atoms with Gasteiger partial charge in [-0.2, -0.15) is 0 Å². The van der Waals surface area contributed by atoms with Gasteiger partial charge < -0.3 is 10.1 Å². The standard InChI is InChI=1S/C13H9N5O7/c19-12-9(15-13(20)25-12)3-8-5-14-6-16(8)10-2-1-7(17(21)22)4-11(10)18(23)24/h1-2,4-6,9H,3H2,(H,15,20). The summed E-state index contributed by atoms with van der Waals surface area (Å²) < 4.78 is 5.69. The highest BCUT2D eigenvalue weighted by atomic mass is 16.6. The Morgan fingerprint density at radius 1 is 1.24 bits per heavy atom. The second-order valence-electron chi connectivity index (χ2n) is 5.05. The van der Waals surface area contributed by atoms with Gasteiger partial charge in [-0.15, -0.1) is 0 Å². The van der Waals surface area contributed by atoms with E-state index in [4.69, 9.17) is 0 Å². The van der Waals surface area contributed by atoms with E-state index >= 15 is 0 Å². The fourth-order valence-electron chi connectivity index (χ4n) is 2.40. The van der Waals surface area contributed by atoms with Crippen molar-refractivity contribution in [2.24, 2.45) is 0 Å². The lowest BCUT2D eigenvalue weighted by molar-refractivity contribution is -0.394. The van der Waals surface area contributed by atoms with E-state index in [1.165, 1.54) is 23.2 Å². The number of carbonyl (C=O) groups excluding carboxylic acids is 2. The normalized spacial score (nSPS) is 16.4. The van der Waals surface area contributed by atoms with Crippen LogP contribution in [0.25, 0.3) is 5.69 Å². The molecule has 1 N–H and O–H groups in total. The monoisotopic (exact) mass is 347 g/mol. The second-order valence-corrected chi connectivity index (χ2v) is 5.05. The number of rotatable bonds is 5. The number of esters is 1. The summed E-state index contributed by atoms with van der Waals surface area (Å²) in [6.45, 7) is 0. The number of amides is 1. The first-order chi connectivity index (χ1) is 11.9.